The average molecular weight is 340 g/mol. The molecule has 0 saturated heterocycles. The third-order valence-electron chi connectivity index (χ3n) is 3.24. The summed E-state index contributed by atoms with van der Waals surface area (Å²) < 4.78 is 15.2. The molecule has 0 unspecified atom stereocenters. The molecule has 7 heteroatoms. The highest BCUT2D eigenvalue weighted by Gasteiger charge is 2.12. The zero-order valence-electron chi connectivity index (χ0n) is 13.7. The minimum atomic E-state index is -0.497. The van der Waals surface area contributed by atoms with Gasteiger partial charge in [0.05, 0.1) is 31.4 Å². The van der Waals surface area contributed by atoms with Crippen molar-refractivity contribution in [3.05, 3.63) is 53.6 Å². The van der Waals surface area contributed by atoms with Crippen LogP contribution in [0.1, 0.15) is 15.9 Å². The van der Waals surface area contributed by atoms with E-state index in [4.69, 9.17) is 14.7 Å². The Hall–Kier alpha value is -3.53. The van der Waals surface area contributed by atoms with Gasteiger partial charge in [0.15, 0.2) is 18.1 Å². The van der Waals surface area contributed by atoms with E-state index in [-0.39, 0.29) is 12.5 Å². The predicted octanol–water partition coefficient (Wildman–Crippen LogP) is 2.37. The summed E-state index contributed by atoms with van der Waals surface area (Å²) in [4.78, 5) is 23.5. The topological polar surface area (TPSA) is 97.6 Å². The van der Waals surface area contributed by atoms with Gasteiger partial charge in [0, 0.05) is 5.69 Å². The number of carbonyl (C=O) groups is 2. The number of hydrogen-bond acceptors (Lipinski definition) is 6. The minimum Gasteiger partial charge on any atom is -0.493 e. The lowest BCUT2D eigenvalue weighted by Gasteiger charge is -2.12. The monoisotopic (exact) mass is 340 g/mol. The van der Waals surface area contributed by atoms with Gasteiger partial charge in [0.1, 0.15) is 0 Å². The van der Waals surface area contributed by atoms with Crippen molar-refractivity contribution in [3.8, 4) is 17.6 Å². The van der Waals surface area contributed by atoms with Gasteiger partial charge < -0.3 is 19.5 Å². The number of ether oxygens (including phenoxy) is 3. The average Bonchev–Trinajstić information content (AvgIpc) is 2.66. The van der Waals surface area contributed by atoms with Gasteiger partial charge in [0.2, 0.25) is 0 Å². The lowest BCUT2D eigenvalue weighted by atomic mass is 10.2. The van der Waals surface area contributed by atoms with Gasteiger partial charge in [-0.2, -0.15) is 5.26 Å². The molecule has 2 aromatic carbocycles. The quantitative estimate of drug-likeness (QED) is 0.811. The first kappa shape index (κ1) is 17.8. The van der Waals surface area contributed by atoms with Crippen molar-refractivity contribution >= 4 is 17.6 Å². The summed E-state index contributed by atoms with van der Waals surface area (Å²) in [5.41, 5.74) is 1.37. The van der Waals surface area contributed by atoms with E-state index in [2.05, 4.69) is 10.1 Å². The molecule has 0 aromatic heterocycles. The van der Waals surface area contributed by atoms with Crippen LogP contribution >= 0.6 is 0 Å². The SMILES string of the molecule is COC(=O)c1ccc(OCC(=O)Nc2ccc(C#N)cc2)c(OC)c1. The van der Waals surface area contributed by atoms with E-state index >= 15 is 0 Å². The Morgan fingerprint density at radius 3 is 2.40 bits per heavy atom. The molecule has 0 spiro atoms. The lowest BCUT2D eigenvalue weighted by Crippen LogP contribution is -2.20. The van der Waals surface area contributed by atoms with Crippen molar-refractivity contribution in [3.63, 3.8) is 0 Å². The number of esters is 1. The Morgan fingerprint density at radius 1 is 1.08 bits per heavy atom. The molecule has 128 valence electrons. The second kappa shape index (κ2) is 8.36. The van der Waals surface area contributed by atoms with Crippen LogP contribution in [0, 0.1) is 11.3 Å². The molecule has 7 nitrogen and oxygen atoms in total. The number of hydrogen-bond donors (Lipinski definition) is 1. The molecule has 0 aliphatic rings. The summed E-state index contributed by atoms with van der Waals surface area (Å²) in [6.07, 6.45) is 0. The van der Waals surface area contributed by atoms with Crippen LogP contribution in [-0.4, -0.2) is 32.7 Å². The van der Waals surface area contributed by atoms with Crippen molar-refractivity contribution < 1.29 is 23.8 Å². The van der Waals surface area contributed by atoms with Gasteiger partial charge in [-0.15, -0.1) is 0 Å². The number of rotatable bonds is 6. The van der Waals surface area contributed by atoms with Gasteiger partial charge in [-0.05, 0) is 42.5 Å². The number of anilines is 1. The molecule has 0 aliphatic carbocycles. The molecule has 2 aromatic rings. The maximum absolute atomic E-state index is 11.9. The Kier molecular flexibility index (Phi) is 5.96. The molecule has 1 N–H and O–H groups in total. The van der Waals surface area contributed by atoms with E-state index in [0.29, 0.717) is 28.3 Å². The van der Waals surface area contributed by atoms with Crippen LogP contribution < -0.4 is 14.8 Å². The van der Waals surface area contributed by atoms with Crippen LogP contribution in [0.25, 0.3) is 0 Å². The molecule has 0 saturated carbocycles. The summed E-state index contributed by atoms with van der Waals surface area (Å²) in [6, 6.07) is 13.0. The molecular weight excluding hydrogens is 324 g/mol. The van der Waals surface area contributed by atoms with Gasteiger partial charge in [-0.25, -0.2) is 4.79 Å². The lowest BCUT2D eigenvalue weighted by molar-refractivity contribution is -0.118. The van der Waals surface area contributed by atoms with Crippen LogP contribution in [-0.2, 0) is 9.53 Å². The fourth-order valence-electron chi connectivity index (χ4n) is 2.00. The van der Waals surface area contributed by atoms with Gasteiger partial charge in [-0.3, -0.25) is 4.79 Å². The molecular formula is C18H16N2O5. The van der Waals surface area contributed by atoms with Crippen LogP contribution in [0.3, 0.4) is 0 Å². The van der Waals surface area contributed by atoms with E-state index < -0.39 is 5.97 Å². The zero-order valence-corrected chi connectivity index (χ0v) is 13.7. The number of methoxy groups -OCH3 is 2. The third kappa shape index (κ3) is 4.72. The smallest absolute Gasteiger partial charge is 0.337 e. The van der Waals surface area contributed by atoms with E-state index in [0.717, 1.165) is 0 Å². The molecule has 0 atom stereocenters. The molecule has 0 heterocycles. The van der Waals surface area contributed by atoms with E-state index in [1.54, 1.807) is 24.3 Å². The number of amides is 1. The minimum absolute atomic E-state index is 0.242. The first-order chi connectivity index (χ1) is 12.1. The van der Waals surface area contributed by atoms with Crippen LogP contribution in [0.15, 0.2) is 42.5 Å². The van der Waals surface area contributed by atoms with Crippen molar-refractivity contribution in [2.45, 2.75) is 0 Å². The largest absolute Gasteiger partial charge is 0.493 e. The summed E-state index contributed by atoms with van der Waals surface area (Å²) in [7, 11) is 2.72. The van der Waals surface area contributed by atoms with Crippen LogP contribution in [0.4, 0.5) is 5.69 Å². The van der Waals surface area contributed by atoms with Gasteiger partial charge in [0.25, 0.3) is 5.91 Å². The number of carbonyl (C=O) groups excluding carboxylic acids is 2. The van der Waals surface area contributed by atoms with Gasteiger partial charge >= 0.3 is 5.97 Å². The molecule has 0 fully saturated rings. The molecule has 0 bridgehead atoms. The highest BCUT2D eigenvalue weighted by atomic mass is 16.5. The summed E-state index contributed by atoms with van der Waals surface area (Å²) in [5, 5.41) is 11.4. The Morgan fingerprint density at radius 2 is 1.80 bits per heavy atom. The Balaban J connectivity index is 1.98. The van der Waals surface area contributed by atoms with Crippen molar-refractivity contribution in [2.24, 2.45) is 0 Å². The first-order valence-corrected chi connectivity index (χ1v) is 7.26. The van der Waals surface area contributed by atoms with Crippen molar-refractivity contribution in [1.82, 2.24) is 0 Å². The predicted molar refractivity (Wildman–Crippen MR) is 89.6 cm³/mol. The number of nitriles is 1. The van der Waals surface area contributed by atoms with Crippen LogP contribution in [0.5, 0.6) is 11.5 Å². The second-order valence-electron chi connectivity index (χ2n) is 4.88. The molecule has 25 heavy (non-hydrogen) atoms. The summed E-state index contributed by atoms with van der Waals surface area (Å²) in [6.45, 7) is -0.242. The van der Waals surface area contributed by atoms with E-state index in [1.807, 2.05) is 6.07 Å². The Bertz CT molecular complexity index is 809. The first-order valence-electron chi connectivity index (χ1n) is 7.26. The van der Waals surface area contributed by atoms with E-state index in [1.165, 1.54) is 32.4 Å². The molecule has 2 rings (SSSR count). The third-order valence-corrected chi connectivity index (χ3v) is 3.24. The maximum atomic E-state index is 11.9. The second-order valence-corrected chi connectivity index (χ2v) is 4.88. The number of nitrogens with one attached hydrogen (secondary N) is 1. The zero-order chi connectivity index (χ0) is 18.2. The molecule has 1 amide bonds. The summed E-state index contributed by atoms with van der Waals surface area (Å²) in [5.74, 6) is -0.230. The maximum Gasteiger partial charge on any atom is 0.337 e. The normalized spacial score (nSPS) is 9.64. The number of nitrogens with zero attached hydrogens (tertiary/aromatic N) is 1. The summed E-state index contributed by atoms with van der Waals surface area (Å²) >= 11 is 0. The van der Waals surface area contributed by atoms with E-state index in [9.17, 15) is 9.59 Å². The Labute approximate surface area is 144 Å². The number of benzene rings is 2. The molecule has 0 radical (unpaired) electrons. The fourth-order valence-corrected chi connectivity index (χ4v) is 2.00. The van der Waals surface area contributed by atoms with Crippen LogP contribution in [0.2, 0.25) is 0 Å². The van der Waals surface area contributed by atoms with Crippen molar-refractivity contribution in [1.29, 1.82) is 5.26 Å². The standard InChI is InChI=1S/C18H16N2O5/c1-23-16-9-13(18(22)24-2)5-8-15(16)25-11-17(21)20-14-6-3-12(10-19)4-7-14/h3-9H,11H2,1-2H3,(H,20,21). The highest BCUT2D eigenvalue weighted by Crippen LogP contribution is 2.28. The van der Waals surface area contributed by atoms with Gasteiger partial charge in [-0.1, -0.05) is 0 Å². The van der Waals surface area contributed by atoms with Crippen molar-refractivity contribution in [2.75, 3.05) is 26.1 Å². The fraction of sp³-hybridized carbons (Fsp3) is 0.167. The highest BCUT2D eigenvalue weighted by molar-refractivity contribution is 5.92. The molecule has 0 aliphatic heterocycles.